The number of nitrogen functional groups attached to an aromatic ring is 1. The molecule has 2 nitrogen and oxygen atoms in total. The molecule has 0 heterocycles. The van der Waals surface area contributed by atoms with E-state index in [1.165, 1.54) is 57.8 Å². The van der Waals surface area contributed by atoms with E-state index in [0.717, 1.165) is 18.8 Å². The molecule has 0 unspecified atom stereocenters. The predicted molar refractivity (Wildman–Crippen MR) is 93.2 cm³/mol. The lowest BCUT2D eigenvalue weighted by atomic mass is 10.1. The fourth-order valence-corrected chi connectivity index (χ4v) is 2.65. The maximum absolute atomic E-state index is 6.06. The van der Waals surface area contributed by atoms with Crippen LogP contribution in [0.1, 0.15) is 71.1 Å². The van der Waals surface area contributed by atoms with Gasteiger partial charge >= 0.3 is 0 Å². The lowest BCUT2D eigenvalue weighted by Crippen LogP contribution is -1.98. The second kappa shape index (κ2) is 11.7. The quantitative estimate of drug-likeness (QED) is 0.367. The highest BCUT2D eigenvalue weighted by atomic mass is 35.5. The molecule has 0 atom stereocenters. The molecule has 2 N–H and O–H groups in total. The van der Waals surface area contributed by atoms with Crippen LogP contribution < -0.4 is 10.5 Å². The van der Waals surface area contributed by atoms with Gasteiger partial charge in [-0.1, -0.05) is 76.3 Å². The van der Waals surface area contributed by atoms with E-state index in [-0.39, 0.29) is 0 Å². The Morgan fingerprint density at radius 2 is 1.48 bits per heavy atom. The third kappa shape index (κ3) is 8.87. The Balaban J connectivity index is 1.93. The van der Waals surface area contributed by atoms with E-state index in [2.05, 4.69) is 6.92 Å². The van der Waals surface area contributed by atoms with Gasteiger partial charge in [0.1, 0.15) is 5.75 Å². The van der Waals surface area contributed by atoms with Crippen LogP contribution in [0.25, 0.3) is 0 Å². The van der Waals surface area contributed by atoms with Crippen LogP contribution in [0.2, 0.25) is 5.02 Å². The first-order valence-electron chi connectivity index (χ1n) is 8.42. The lowest BCUT2D eigenvalue weighted by Gasteiger charge is -2.08. The Kier molecular flexibility index (Phi) is 10.1. The molecule has 0 saturated carbocycles. The largest absolute Gasteiger partial charge is 0.492 e. The van der Waals surface area contributed by atoms with E-state index in [1.54, 1.807) is 6.07 Å². The molecular formula is C18H30ClNO. The zero-order valence-corrected chi connectivity index (χ0v) is 14.1. The smallest absolute Gasteiger partial charge is 0.138 e. The molecule has 0 aliphatic carbocycles. The third-order valence-corrected chi connectivity index (χ3v) is 4.01. The molecule has 0 bridgehead atoms. The van der Waals surface area contributed by atoms with Crippen molar-refractivity contribution in [2.75, 3.05) is 12.3 Å². The Labute approximate surface area is 135 Å². The third-order valence-electron chi connectivity index (χ3n) is 3.71. The number of unbranched alkanes of at least 4 members (excludes halogenated alkanes) is 9. The molecule has 3 heteroatoms. The first-order valence-corrected chi connectivity index (χ1v) is 8.79. The highest BCUT2D eigenvalue weighted by Crippen LogP contribution is 2.26. The summed E-state index contributed by atoms with van der Waals surface area (Å²) in [5.74, 6) is 0.738. The van der Waals surface area contributed by atoms with Crippen molar-refractivity contribution in [2.24, 2.45) is 0 Å². The molecule has 0 saturated heterocycles. The standard InChI is InChI=1S/C18H30ClNO/c1-2-3-4-5-6-7-8-9-10-11-14-21-18-13-12-16(20)15-17(18)19/h12-13,15H,2-11,14,20H2,1H3. The van der Waals surface area contributed by atoms with Gasteiger partial charge in [0, 0.05) is 5.69 Å². The molecule has 21 heavy (non-hydrogen) atoms. The summed E-state index contributed by atoms with van der Waals surface area (Å²) in [6, 6.07) is 5.39. The summed E-state index contributed by atoms with van der Waals surface area (Å²) in [4.78, 5) is 0. The minimum absolute atomic E-state index is 0.599. The summed E-state index contributed by atoms with van der Waals surface area (Å²) >= 11 is 6.06. The molecular weight excluding hydrogens is 282 g/mol. The number of anilines is 1. The second-order valence-corrected chi connectivity index (χ2v) is 6.13. The summed E-state index contributed by atoms with van der Waals surface area (Å²) < 4.78 is 5.68. The van der Waals surface area contributed by atoms with Crippen molar-refractivity contribution in [1.82, 2.24) is 0 Å². The van der Waals surface area contributed by atoms with Crippen LogP contribution in [-0.2, 0) is 0 Å². The van der Waals surface area contributed by atoms with Crippen LogP contribution in [0.15, 0.2) is 18.2 Å². The number of ether oxygens (including phenoxy) is 1. The zero-order chi connectivity index (χ0) is 15.3. The fraction of sp³-hybridized carbons (Fsp3) is 0.667. The first-order chi connectivity index (χ1) is 10.2. The minimum Gasteiger partial charge on any atom is -0.492 e. The molecule has 1 rings (SSSR count). The molecule has 0 radical (unpaired) electrons. The Morgan fingerprint density at radius 3 is 2.05 bits per heavy atom. The van der Waals surface area contributed by atoms with Gasteiger partial charge in [0.25, 0.3) is 0 Å². The summed E-state index contributed by atoms with van der Waals surface area (Å²) in [7, 11) is 0. The van der Waals surface area contributed by atoms with Crippen LogP contribution in [0.5, 0.6) is 5.75 Å². The van der Waals surface area contributed by atoms with Crippen LogP contribution in [-0.4, -0.2) is 6.61 Å². The topological polar surface area (TPSA) is 35.2 Å². The SMILES string of the molecule is CCCCCCCCCCCCOc1ccc(N)cc1Cl. The van der Waals surface area contributed by atoms with Gasteiger partial charge in [0.05, 0.1) is 11.6 Å². The van der Waals surface area contributed by atoms with Crippen molar-refractivity contribution >= 4 is 17.3 Å². The molecule has 0 spiro atoms. The van der Waals surface area contributed by atoms with Crippen molar-refractivity contribution < 1.29 is 4.74 Å². The van der Waals surface area contributed by atoms with Crippen LogP contribution >= 0.6 is 11.6 Å². The number of hydrogen-bond donors (Lipinski definition) is 1. The number of benzene rings is 1. The fourth-order valence-electron chi connectivity index (χ4n) is 2.41. The number of rotatable bonds is 12. The molecule has 1 aromatic carbocycles. The van der Waals surface area contributed by atoms with Gasteiger partial charge in [0.15, 0.2) is 0 Å². The van der Waals surface area contributed by atoms with Gasteiger partial charge in [-0.3, -0.25) is 0 Å². The van der Waals surface area contributed by atoms with Gasteiger partial charge in [-0.05, 0) is 24.6 Å². The molecule has 0 fully saturated rings. The molecule has 120 valence electrons. The summed E-state index contributed by atoms with van der Waals surface area (Å²) in [5.41, 5.74) is 6.32. The molecule has 0 aromatic heterocycles. The summed E-state index contributed by atoms with van der Waals surface area (Å²) in [6.45, 7) is 3.00. The van der Waals surface area contributed by atoms with Crippen molar-refractivity contribution in [1.29, 1.82) is 0 Å². The summed E-state index contributed by atoms with van der Waals surface area (Å²) in [6.07, 6.45) is 13.3. The Morgan fingerprint density at radius 1 is 0.905 bits per heavy atom. The second-order valence-electron chi connectivity index (χ2n) is 5.72. The zero-order valence-electron chi connectivity index (χ0n) is 13.4. The van der Waals surface area contributed by atoms with Gasteiger partial charge in [-0.15, -0.1) is 0 Å². The van der Waals surface area contributed by atoms with Crippen molar-refractivity contribution in [2.45, 2.75) is 71.1 Å². The highest BCUT2D eigenvalue weighted by Gasteiger charge is 2.01. The monoisotopic (exact) mass is 311 g/mol. The van der Waals surface area contributed by atoms with E-state index in [9.17, 15) is 0 Å². The maximum Gasteiger partial charge on any atom is 0.138 e. The van der Waals surface area contributed by atoms with Gasteiger partial charge in [-0.2, -0.15) is 0 Å². The highest BCUT2D eigenvalue weighted by molar-refractivity contribution is 6.32. The van der Waals surface area contributed by atoms with E-state index in [1.807, 2.05) is 12.1 Å². The van der Waals surface area contributed by atoms with Crippen LogP contribution in [0.3, 0.4) is 0 Å². The first kappa shape index (κ1) is 18.2. The van der Waals surface area contributed by atoms with E-state index in [0.29, 0.717) is 10.7 Å². The maximum atomic E-state index is 6.06. The molecule has 1 aromatic rings. The molecule has 0 aliphatic rings. The number of halogens is 1. The number of nitrogens with two attached hydrogens (primary N) is 1. The molecule has 0 aliphatic heterocycles. The Hall–Kier alpha value is -0.890. The molecule has 0 amide bonds. The van der Waals surface area contributed by atoms with E-state index >= 15 is 0 Å². The number of hydrogen-bond acceptors (Lipinski definition) is 2. The van der Waals surface area contributed by atoms with Crippen LogP contribution in [0, 0.1) is 0 Å². The van der Waals surface area contributed by atoms with E-state index < -0.39 is 0 Å². The Bertz CT molecular complexity index is 381. The van der Waals surface area contributed by atoms with Crippen molar-refractivity contribution in [3.8, 4) is 5.75 Å². The van der Waals surface area contributed by atoms with Gasteiger partial charge in [0.2, 0.25) is 0 Å². The summed E-state index contributed by atoms with van der Waals surface area (Å²) in [5, 5.41) is 0.599. The van der Waals surface area contributed by atoms with E-state index in [4.69, 9.17) is 22.1 Å². The van der Waals surface area contributed by atoms with Crippen molar-refractivity contribution in [3.63, 3.8) is 0 Å². The van der Waals surface area contributed by atoms with Crippen molar-refractivity contribution in [3.05, 3.63) is 23.2 Å². The minimum atomic E-state index is 0.599. The van der Waals surface area contributed by atoms with Gasteiger partial charge < -0.3 is 10.5 Å². The normalized spacial score (nSPS) is 10.8. The lowest BCUT2D eigenvalue weighted by molar-refractivity contribution is 0.304. The predicted octanol–water partition coefficient (Wildman–Crippen LogP) is 6.22. The van der Waals surface area contributed by atoms with Gasteiger partial charge in [-0.25, -0.2) is 0 Å². The average molecular weight is 312 g/mol. The van der Waals surface area contributed by atoms with Crippen LogP contribution in [0.4, 0.5) is 5.69 Å². The average Bonchev–Trinajstić information content (AvgIpc) is 2.46.